The minimum absolute atomic E-state index is 0.0432. The average molecular weight is 356 g/mol. The zero-order valence-corrected chi connectivity index (χ0v) is 12.8. The standard InChI is InChI=1S/C17H10ClF4NO/c18-15-10-13(19)6-7-14(15)16(24)23-8-2-4-11-3-1-5-12(9-11)17(20,21)22/h1,3,5-7,9-10H,8H2,(H,23,24). The van der Waals surface area contributed by atoms with Gasteiger partial charge in [0.25, 0.3) is 5.91 Å². The van der Waals surface area contributed by atoms with Gasteiger partial charge in [-0.05, 0) is 36.4 Å². The van der Waals surface area contributed by atoms with Crippen LogP contribution < -0.4 is 5.32 Å². The maximum absolute atomic E-state index is 12.9. The summed E-state index contributed by atoms with van der Waals surface area (Å²) >= 11 is 5.75. The van der Waals surface area contributed by atoms with Crippen LogP contribution in [-0.2, 0) is 6.18 Å². The van der Waals surface area contributed by atoms with Crippen LogP contribution in [0.15, 0.2) is 42.5 Å². The van der Waals surface area contributed by atoms with Crippen LogP contribution in [-0.4, -0.2) is 12.5 Å². The molecule has 124 valence electrons. The third-order valence-corrected chi connectivity index (χ3v) is 3.25. The fourth-order valence-electron chi connectivity index (χ4n) is 1.81. The van der Waals surface area contributed by atoms with Crippen molar-refractivity contribution in [3.63, 3.8) is 0 Å². The first-order valence-corrected chi connectivity index (χ1v) is 7.04. The summed E-state index contributed by atoms with van der Waals surface area (Å²) in [6.07, 6.45) is -4.44. The van der Waals surface area contributed by atoms with Gasteiger partial charge in [-0.2, -0.15) is 13.2 Å². The van der Waals surface area contributed by atoms with Crippen molar-refractivity contribution in [2.45, 2.75) is 6.18 Å². The van der Waals surface area contributed by atoms with E-state index >= 15 is 0 Å². The van der Waals surface area contributed by atoms with Crippen molar-refractivity contribution in [3.8, 4) is 11.8 Å². The summed E-state index contributed by atoms with van der Waals surface area (Å²) in [5.41, 5.74) is -0.533. The summed E-state index contributed by atoms with van der Waals surface area (Å²) in [6.45, 7) is -0.0945. The molecule has 7 heteroatoms. The van der Waals surface area contributed by atoms with Crippen LogP contribution in [0.2, 0.25) is 5.02 Å². The van der Waals surface area contributed by atoms with Crippen LogP contribution >= 0.6 is 11.6 Å². The Morgan fingerprint density at radius 3 is 2.58 bits per heavy atom. The van der Waals surface area contributed by atoms with Crippen molar-refractivity contribution in [2.75, 3.05) is 6.54 Å². The first kappa shape index (κ1) is 17.8. The zero-order chi connectivity index (χ0) is 17.7. The Kier molecular flexibility index (Phi) is 5.47. The van der Waals surface area contributed by atoms with E-state index in [-0.39, 0.29) is 22.7 Å². The first-order valence-electron chi connectivity index (χ1n) is 6.67. The molecule has 2 rings (SSSR count). The van der Waals surface area contributed by atoms with Crippen LogP contribution in [0.4, 0.5) is 17.6 Å². The molecule has 2 nitrogen and oxygen atoms in total. The van der Waals surface area contributed by atoms with Gasteiger partial charge in [-0.25, -0.2) is 4.39 Å². The van der Waals surface area contributed by atoms with E-state index in [0.717, 1.165) is 24.3 Å². The zero-order valence-electron chi connectivity index (χ0n) is 12.0. The van der Waals surface area contributed by atoms with Crippen molar-refractivity contribution >= 4 is 17.5 Å². The first-order chi connectivity index (χ1) is 11.3. The Balaban J connectivity index is 2.00. The number of halogens is 5. The van der Waals surface area contributed by atoms with Crippen molar-refractivity contribution in [1.82, 2.24) is 5.32 Å². The normalized spacial score (nSPS) is 10.7. The summed E-state index contributed by atoms with van der Waals surface area (Å²) in [5.74, 6) is 3.95. The lowest BCUT2D eigenvalue weighted by molar-refractivity contribution is -0.137. The summed E-state index contributed by atoms with van der Waals surface area (Å²) in [4.78, 5) is 11.8. The molecule has 0 aliphatic carbocycles. The molecule has 0 saturated carbocycles. The highest BCUT2D eigenvalue weighted by atomic mass is 35.5. The molecule has 0 saturated heterocycles. The molecular formula is C17H10ClF4NO. The largest absolute Gasteiger partial charge is 0.416 e. The van der Waals surface area contributed by atoms with Gasteiger partial charge in [0.15, 0.2) is 0 Å². The number of nitrogens with one attached hydrogen (secondary N) is 1. The molecule has 2 aromatic rings. The van der Waals surface area contributed by atoms with Gasteiger partial charge >= 0.3 is 6.18 Å². The van der Waals surface area contributed by atoms with E-state index < -0.39 is 23.5 Å². The Labute approximate surface area is 140 Å². The molecule has 0 unspecified atom stereocenters. The number of carbonyl (C=O) groups excluding carboxylic acids is 1. The quantitative estimate of drug-likeness (QED) is 0.632. The predicted octanol–water partition coefficient (Wildman–Crippen LogP) is 4.28. The second kappa shape index (κ2) is 7.37. The second-order valence-electron chi connectivity index (χ2n) is 4.69. The van der Waals surface area contributed by atoms with Gasteiger partial charge in [0.05, 0.1) is 22.7 Å². The third kappa shape index (κ3) is 4.74. The van der Waals surface area contributed by atoms with Crippen molar-refractivity contribution in [3.05, 3.63) is 70.0 Å². The molecule has 1 N–H and O–H groups in total. The Hall–Kier alpha value is -2.52. The number of carbonyl (C=O) groups is 1. The molecule has 2 aromatic carbocycles. The van der Waals surface area contributed by atoms with E-state index in [4.69, 9.17) is 11.6 Å². The van der Waals surface area contributed by atoms with Gasteiger partial charge in [-0.3, -0.25) is 4.79 Å². The number of alkyl halides is 3. The third-order valence-electron chi connectivity index (χ3n) is 2.94. The van der Waals surface area contributed by atoms with E-state index in [9.17, 15) is 22.4 Å². The molecule has 0 spiro atoms. The van der Waals surface area contributed by atoms with Gasteiger partial charge in [-0.1, -0.05) is 29.5 Å². The fourth-order valence-corrected chi connectivity index (χ4v) is 2.07. The fraction of sp³-hybridized carbons (Fsp3) is 0.118. The Morgan fingerprint density at radius 1 is 1.17 bits per heavy atom. The number of rotatable bonds is 2. The van der Waals surface area contributed by atoms with Gasteiger partial charge in [0, 0.05) is 5.56 Å². The topological polar surface area (TPSA) is 29.1 Å². The van der Waals surface area contributed by atoms with E-state index in [2.05, 4.69) is 17.2 Å². The Morgan fingerprint density at radius 2 is 1.92 bits per heavy atom. The van der Waals surface area contributed by atoms with Gasteiger partial charge < -0.3 is 5.32 Å². The molecule has 1 amide bonds. The molecule has 0 aromatic heterocycles. The number of benzene rings is 2. The summed E-state index contributed by atoms with van der Waals surface area (Å²) < 4.78 is 50.6. The summed E-state index contributed by atoms with van der Waals surface area (Å²) in [7, 11) is 0. The van der Waals surface area contributed by atoms with Crippen LogP contribution in [0.3, 0.4) is 0 Å². The smallest absolute Gasteiger partial charge is 0.341 e. The van der Waals surface area contributed by atoms with Crippen LogP contribution in [0, 0.1) is 17.7 Å². The average Bonchev–Trinajstić information content (AvgIpc) is 2.51. The van der Waals surface area contributed by atoms with Crippen LogP contribution in [0.1, 0.15) is 21.5 Å². The van der Waals surface area contributed by atoms with Gasteiger partial charge in [0.1, 0.15) is 5.82 Å². The van der Waals surface area contributed by atoms with E-state index in [0.29, 0.717) is 0 Å². The lowest BCUT2D eigenvalue weighted by atomic mass is 10.1. The molecular weight excluding hydrogens is 346 g/mol. The summed E-state index contributed by atoms with van der Waals surface area (Å²) in [5, 5.41) is 2.39. The molecule has 0 bridgehead atoms. The number of amides is 1. The highest BCUT2D eigenvalue weighted by Gasteiger charge is 2.30. The maximum atomic E-state index is 12.9. The van der Waals surface area contributed by atoms with E-state index in [1.807, 2.05) is 0 Å². The minimum atomic E-state index is -4.44. The van der Waals surface area contributed by atoms with Gasteiger partial charge in [0.2, 0.25) is 0 Å². The molecule has 0 heterocycles. The van der Waals surface area contributed by atoms with Crippen molar-refractivity contribution in [1.29, 1.82) is 0 Å². The second-order valence-corrected chi connectivity index (χ2v) is 5.09. The Bertz CT molecular complexity index is 821. The molecule has 0 fully saturated rings. The molecule has 0 aliphatic heterocycles. The summed E-state index contributed by atoms with van der Waals surface area (Å²) in [6, 6.07) is 7.88. The molecule has 24 heavy (non-hydrogen) atoms. The van der Waals surface area contributed by atoms with Crippen molar-refractivity contribution < 1.29 is 22.4 Å². The maximum Gasteiger partial charge on any atom is 0.416 e. The lowest BCUT2D eigenvalue weighted by Crippen LogP contribution is -2.23. The lowest BCUT2D eigenvalue weighted by Gasteiger charge is -2.06. The number of hydrogen-bond acceptors (Lipinski definition) is 1. The highest BCUT2D eigenvalue weighted by molar-refractivity contribution is 6.33. The number of hydrogen-bond donors (Lipinski definition) is 1. The van der Waals surface area contributed by atoms with Crippen LogP contribution in [0.5, 0.6) is 0 Å². The molecule has 0 radical (unpaired) electrons. The monoisotopic (exact) mass is 355 g/mol. The van der Waals surface area contributed by atoms with Crippen LogP contribution in [0.25, 0.3) is 0 Å². The molecule has 0 atom stereocenters. The predicted molar refractivity (Wildman–Crippen MR) is 82.1 cm³/mol. The van der Waals surface area contributed by atoms with E-state index in [1.165, 1.54) is 18.2 Å². The minimum Gasteiger partial charge on any atom is -0.341 e. The van der Waals surface area contributed by atoms with Gasteiger partial charge in [-0.15, -0.1) is 0 Å². The molecule has 0 aliphatic rings. The SMILES string of the molecule is O=C(NCC#Cc1cccc(C(F)(F)F)c1)c1ccc(F)cc1Cl. The van der Waals surface area contributed by atoms with E-state index in [1.54, 1.807) is 0 Å². The van der Waals surface area contributed by atoms with Crippen molar-refractivity contribution in [2.24, 2.45) is 0 Å². The highest BCUT2D eigenvalue weighted by Crippen LogP contribution is 2.29.